The standard InChI is InChI=1S/C24H23N3O2S/c1-28-21-14-9-15-22(29-2)23(21)20-16-19(17-10-5-3-6-11-17)26-27(20)24(30)25-18-12-7-4-8-13-18/h3-15,20H,16H2,1-2H3,(H,25,30)/t20-/m0/s1. The molecule has 6 heteroatoms. The van der Waals surface area contributed by atoms with Crippen molar-refractivity contribution in [2.24, 2.45) is 5.10 Å². The molecular formula is C24H23N3O2S. The fourth-order valence-electron chi connectivity index (χ4n) is 3.64. The molecule has 0 fully saturated rings. The van der Waals surface area contributed by atoms with Crippen molar-refractivity contribution < 1.29 is 9.47 Å². The summed E-state index contributed by atoms with van der Waals surface area (Å²) in [4.78, 5) is 0. The number of hydrogen-bond acceptors (Lipinski definition) is 4. The second-order valence-corrected chi connectivity index (χ2v) is 7.24. The zero-order valence-corrected chi connectivity index (χ0v) is 17.7. The van der Waals surface area contributed by atoms with Crippen LogP contribution in [0.1, 0.15) is 23.6 Å². The average molecular weight is 418 g/mol. The maximum atomic E-state index is 5.76. The van der Waals surface area contributed by atoms with Gasteiger partial charge in [0.1, 0.15) is 11.5 Å². The van der Waals surface area contributed by atoms with Crippen LogP contribution in [0.25, 0.3) is 0 Å². The number of ether oxygens (including phenoxy) is 2. The topological polar surface area (TPSA) is 46.1 Å². The zero-order valence-electron chi connectivity index (χ0n) is 16.9. The largest absolute Gasteiger partial charge is 0.496 e. The summed E-state index contributed by atoms with van der Waals surface area (Å²) in [6.45, 7) is 0. The van der Waals surface area contributed by atoms with Crippen LogP contribution in [0.4, 0.5) is 5.69 Å². The smallest absolute Gasteiger partial charge is 0.194 e. The van der Waals surface area contributed by atoms with Crippen LogP contribution in [-0.4, -0.2) is 30.1 Å². The molecule has 152 valence electrons. The predicted octanol–water partition coefficient (Wildman–Crippen LogP) is 5.25. The van der Waals surface area contributed by atoms with E-state index in [9.17, 15) is 0 Å². The molecule has 0 amide bonds. The molecule has 1 heterocycles. The molecule has 1 atom stereocenters. The zero-order chi connectivity index (χ0) is 20.9. The highest BCUT2D eigenvalue weighted by atomic mass is 32.1. The minimum atomic E-state index is -0.157. The van der Waals surface area contributed by atoms with E-state index in [0.29, 0.717) is 11.5 Å². The van der Waals surface area contributed by atoms with Gasteiger partial charge in [0.2, 0.25) is 0 Å². The van der Waals surface area contributed by atoms with Crippen molar-refractivity contribution in [3.8, 4) is 11.5 Å². The molecule has 0 unspecified atom stereocenters. The fourth-order valence-corrected chi connectivity index (χ4v) is 3.92. The average Bonchev–Trinajstić information content (AvgIpc) is 3.25. The van der Waals surface area contributed by atoms with E-state index in [2.05, 4.69) is 17.4 Å². The second-order valence-electron chi connectivity index (χ2n) is 6.85. The summed E-state index contributed by atoms with van der Waals surface area (Å²) < 4.78 is 11.3. The first-order valence-corrected chi connectivity index (χ1v) is 10.1. The van der Waals surface area contributed by atoms with Crippen molar-refractivity contribution in [1.82, 2.24) is 5.01 Å². The highest BCUT2D eigenvalue weighted by Gasteiger charge is 2.35. The van der Waals surface area contributed by atoms with E-state index < -0.39 is 0 Å². The highest BCUT2D eigenvalue weighted by molar-refractivity contribution is 7.80. The number of anilines is 1. The molecule has 0 radical (unpaired) electrons. The summed E-state index contributed by atoms with van der Waals surface area (Å²) in [6, 6.07) is 25.6. The number of benzene rings is 3. The SMILES string of the molecule is COc1cccc(OC)c1[C@@H]1CC(c2ccccc2)=NN1C(=S)Nc1ccccc1. The fraction of sp³-hybridized carbons (Fsp3) is 0.167. The number of rotatable bonds is 5. The summed E-state index contributed by atoms with van der Waals surface area (Å²) in [7, 11) is 3.33. The van der Waals surface area contributed by atoms with Gasteiger partial charge >= 0.3 is 0 Å². The Morgan fingerprint density at radius 2 is 1.50 bits per heavy atom. The van der Waals surface area contributed by atoms with Crippen LogP contribution in [0.15, 0.2) is 84.0 Å². The second kappa shape index (κ2) is 8.97. The number of para-hydroxylation sites is 1. The normalized spacial score (nSPS) is 15.5. The van der Waals surface area contributed by atoms with Crippen molar-refractivity contribution in [2.75, 3.05) is 19.5 Å². The molecule has 0 saturated carbocycles. The van der Waals surface area contributed by atoms with E-state index in [-0.39, 0.29) is 6.04 Å². The number of hydrazone groups is 1. The molecule has 0 bridgehead atoms. The van der Waals surface area contributed by atoms with Crippen LogP contribution in [-0.2, 0) is 0 Å². The Morgan fingerprint density at radius 3 is 2.10 bits per heavy atom. The Hall–Kier alpha value is -3.38. The third kappa shape index (κ3) is 4.00. The minimum Gasteiger partial charge on any atom is -0.496 e. The van der Waals surface area contributed by atoms with E-state index in [1.54, 1.807) is 14.2 Å². The summed E-state index contributed by atoms with van der Waals surface area (Å²) in [5.41, 5.74) is 3.87. The maximum Gasteiger partial charge on any atom is 0.194 e. The van der Waals surface area contributed by atoms with Gasteiger partial charge in [0.25, 0.3) is 0 Å². The van der Waals surface area contributed by atoms with E-state index >= 15 is 0 Å². The molecule has 0 saturated heterocycles. The molecule has 4 rings (SSSR count). The van der Waals surface area contributed by atoms with Crippen LogP contribution in [0.2, 0.25) is 0 Å². The van der Waals surface area contributed by atoms with Crippen molar-refractivity contribution in [3.63, 3.8) is 0 Å². The summed E-state index contributed by atoms with van der Waals surface area (Å²) in [6.07, 6.45) is 0.678. The van der Waals surface area contributed by atoms with Crippen LogP contribution < -0.4 is 14.8 Å². The van der Waals surface area contributed by atoms with E-state index in [1.165, 1.54) is 0 Å². The lowest BCUT2D eigenvalue weighted by Crippen LogP contribution is -2.31. The molecule has 3 aromatic carbocycles. The molecule has 5 nitrogen and oxygen atoms in total. The Kier molecular flexibility index (Phi) is 5.95. The Bertz CT molecular complexity index is 1030. The Balaban J connectivity index is 1.74. The molecule has 30 heavy (non-hydrogen) atoms. The number of nitrogens with one attached hydrogen (secondary N) is 1. The quantitative estimate of drug-likeness (QED) is 0.575. The van der Waals surface area contributed by atoms with Gasteiger partial charge in [-0.25, -0.2) is 5.01 Å². The molecule has 0 aliphatic carbocycles. The lowest BCUT2D eigenvalue weighted by molar-refractivity contribution is 0.329. The van der Waals surface area contributed by atoms with Crippen molar-refractivity contribution >= 4 is 28.7 Å². The van der Waals surface area contributed by atoms with Gasteiger partial charge in [0.15, 0.2) is 5.11 Å². The minimum absolute atomic E-state index is 0.157. The van der Waals surface area contributed by atoms with Gasteiger partial charge in [-0.15, -0.1) is 0 Å². The maximum absolute atomic E-state index is 5.76. The van der Waals surface area contributed by atoms with Gasteiger partial charge in [0, 0.05) is 12.1 Å². The molecule has 1 aliphatic heterocycles. The number of methoxy groups -OCH3 is 2. The van der Waals surface area contributed by atoms with E-state index in [4.69, 9.17) is 26.8 Å². The molecule has 1 aliphatic rings. The van der Waals surface area contributed by atoms with Crippen LogP contribution >= 0.6 is 12.2 Å². The molecule has 0 spiro atoms. The van der Waals surface area contributed by atoms with Gasteiger partial charge in [-0.1, -0.05) is 54.6 Å². The van der Waals surface area contributed by atoms with Crippen LogP contribution in [0.5, 0.6) is 11.5 Å². The first-order chi connectivity index (χ1) is 14.7. The molecule has 3 aromatic rings. The highest BCUT2D eigenvalue weighted by Crippen LogP contribution is 2.42. The monoisotopic (exact) mass is 417 g/mol. The lowest BCUT2D eigenvalue weighted by atomic mass is 9.97. The molecular weight excluding hydrogens is 394 g/mol. The van der Waals surface area contributed by atoms with Gasteiger partial charge in [-0.3, -0.25) is 0 Å². The third-order valence-corrected chi connectivity index (χ3v) is 5.34. The third-order valence-electron chi connectivity index (χ3n) is 5.05. The number of thiocarbonyl (C=S) groups is 1. The van der Waals surface area contributed by atoms with E-state index in [1.807, 2.05) is 71.7 Å². The Labute approximate surface area is 181 Å². The van der Waals surface area contributed by atoms with Crippen molar-refractivity contribution in [1.29, 1.82) is 0 Å². The van der Waals surface area contributed by atoms with Crippen molar-refractivity contribution in [2.45, 2.75) is 12.5 Å². The van der Waals surface area contributed by atoms with Crippen LogP contribution in [0.3, 0.4) is 0 Å². The number of nitrogens with zero attached hydrogens (tertiary/aromatic N) is 2. The predicted molar refractivity (Wildman–Crippen MR) is 124 cm³/mol. The van der Waals surface area contributed by atoms with Crippen LogP contribution in [0, 0.1) is 0 Å². The van der Waals surface area contributed by atoms with Crippen molar-refractivity contribution in [3.05, 3.63) is 90.0 Å². The van der Waals surface area contributed by atoms with E-state index in [0.717, 1.165) is 34.0 Å². The first-order valence-electron chi connectivity index (χ1n) is 9.70. The van der Waals surface area contributed by atoms with Gasteiger partial charge < -0.3 is 14.8 Å². The summed E-state index contributed by atoms with van der Waals surface area (Å²) in [5.74, 6) is 1.49. The summed E-state index contributed by atoms with van der Waals surface area (Å²) in [5, 5.41) is 10.6. The molecule has 0 aromatic heterocycles. The summed E-state index contributed by atoms with van der Waals surface area (Å²) >= 11 is 5.76. The molecule has 1 N–H and O–H groups in total. The van der Waals surface area contributed by atoms with Gasteiger partial charge in [0.05, 0.1) is 31.5 Å². The Morgan fingerprint density at radius 1 is 0.900 bits per heavy atom. The number of hydrogen-bond donors (Lipinski definition) is 1. The lowest BCUT2D eigenvalue weighted by Gasteiger charge is -2.27. The first kappa shape index (κ1) is 19.9. The van der Waals surface area contributed by atoms with Gasteiger partial charge in [-0.05, 0) is 42.0 Å². The van der Waals surface area contributed by atoms with Gasteiger partial charge in [-0.2, -0.15) is 5.10 Å².